The van der Waals surface area contributed by atoms with Crippen LogP contribution in [-0.2, 0) is 5.75 Å². The van der Waals surface area contributed by atoms with Crippen LogP contribution in [0.3, 0.4) is 0 Å². The van der Waals surface area contributed by atoms with Gasteiger partial charge >= 0.3 is 0 Å². The fourth-order valence-corrected chi connectivity index (χ4v) is 3.69. The molecule has 0 aliphatic carbocycles. The summed E-state index contributed by atoms with van der Waals surface area (Å²) in [5.74, 6) is 2.43. The lowest BCUT2D eigenvalue weighted by molar-refractivity contribution is 0.324. The molecule has 0 bridgehead atoms. The van der Waals surface area contributed by atoms with Crippen LogP contribution in [0.1, 0.15) is 5.56 Å². The Labute approximate surface area is 170 Å². The minimum atomic E-state index is 0.346. The molecule has 1 aromatic heterocycles. The fraction of sp³-hybridized carbons (Fsp3) is 0.222. The van der Waals surface area contributed by atoms with E-state index in [0.717, 1.165) is 5.56 Å². The minimum Gasteiger partial charge on any atom is -0.493 e. The van der Waals surface area contributed by atoms with Crippen molar-refractivity contribution in [3.05, 3.63) is 45.9 Å². The zero-order valence-corrected chi connectivity index (χ0v) is 17.1. The van der Waals surface area contributed by atoms with Gasteiger partial charge in [0.25, 0.3) is 5.22 Å². The molecule has 0 atom stereocenters. The first-order valence-corrected chi connectivity index (χ1v) is 9.50. The molecule has 0 saturated carbocycles. The van der Waals surface area contributed by atoms with Gasteiger partial charge in [0.2, 0.25) is 11.6 Å². The Hall–Kier alpha value is -2.09. The molecule has 2 aromatic carbocycles. The summed E-state index contributed by atoms with van der Waals surface area (Å²) in [6.45, 7) is 0. The summed E-state index contributed by atoms with van der Waals surface area (Å²) in [7, 11) is 4.64. The molecular weight excluding hydrogens is 411 g/mol. The first-order chi connectivity index (χ1) is 13.0. The van der Waals surface area contributed by atoms with E-state index in [1.165, 1.54) is 11.8 Å². The van der Waals surface area contributed by atoms with Crippen LogP contribution in [0.25, 0.3) is 11.5 Å². The largest absolute Gasteiger partial charge is 0.493 e. The minimum absolute atomic E-state index is 0.346. The highest BCUT2D eigenvalue weighted by atomic mass is 35.5. The van der Waals surface area contributed by atoms with Crippen LogP contribution in [0.15, 0.2) is 40.0 Å². The van der Waals surface area contributed by atoms with Crippen molar-refractivity contribution >= 4 is 35.0 Å². The standard InChI is InChI=1S/C18H16Cl2N2O4S/c1-23-14-6-11(7-15(24-2)16(14)25-3)17-21-22-18(26-17)27-9-10-4-5-12(19)8-13(10)20/h4-8H,9H2,1-3H3. The zero-order valence-electron chi connectivity index (χ0n) is 14.8. The fourth-order valence-electron chi connectivity index (χ4n) is 2.37. The number of hydrogen-bond donors (Lipinski definition) is 0. The van der Waals surface area contributed by atoms with E-state index < -0.39 is 0 Å². The van der Waals surface area contributed by atoms with Gasteiger partial charge in [-0.1, -0.05) is 41.0 Å². The van der Waals surface area contributed by atoms with Gasteiger partial charge in [-0.2, -0.15) is 0 Å². The molecule has 0 N–H and O–H groups in total. The van der Waals surface area contributed by atoms with Crippen LogP contribution < -0.4 is 14.2 Å². The lowest BCUT2D eigenvalue weighted by Crippen LogP contribution is -1.95. The summed E-state index contributed by atoms with van der Waals surface area (Å²) in [6, 6.07) is 8.86. The van der Waals surface area contributed by atoms with Gasteiger partial charge in [-0.05, 0) is 29.8 Å². The second-order valence-electron chi connectivity index (χ2n) is 5.31. The molecule has 0 aliphatic heterocycles. The zero-order chi connectivity index (χ0) is 19.4. The summed E-state index contributed by atoms with van der Waals surface area (Å²) in [6.07, 6.45) is 0. The average molecular weight is 427 g/mol. The van der Waals surface area contributed by atoms with Gasteiger partial charge in [-0.15, -0.1) is 10.2 Å². The summed E-state index contributed by atoms with van der Waals surface area (Å²) in [4.78, 5) is 0. The highest BCUT2D eigenvalue weighted by Crippen LogP contribution is 2.41. The second kappa shape index (κ2) is 8.73. The van der Waals surface area contributed by atoms with Crippen LogP contribution in [0.2, 0.25) is 10.0 Å². The number of methoxy groups -OCH3 is 3. The maximum atomic E-state index is 6.19. The van der Waals surface area contributed by atoms with Crippen LogP contribution in [-0.4, -0.2) is 31.5 Å². The lowest BCUT2D eigenvalue weighted by Gasteiger charge is -2.12. The molecule has 9 heteroatoms. The quantitative estimate of drug-likeness (QED) is 0.470. The highest BCUT2D eigenvalue weighted by Gasteiger charge is 2.18. The molecule has 1 heterocycles. The predicted octanol–water partition coefficient (Wildman–Crippen LogP) is 5.36. The van der Waals surface area contributed by atoms with Crippen molar-refractivity contribution in [1.82, 2.24) is 10.2 Å². The number of nitrogens with zero attached hydrogens (tertiary/aromatic N) is 2. The topological polar surface area (TPSA) is 66.6 Å². The van der Waals surface area contributed by atoms with Crippen molar-refractivity contribution in [3.8, 4) is 28.7 Å². The van der Waals surface area contributed by atoms with Gasteiger partial charge < -0.3 is 18.6 Å². The van der Waals surface area contributed by atoms with E-state index in [1.54, 1.807) is 45.6 Å². The Bertz CT molecular complexity index is 924. The Kier molecular flexibility index (Phi) is 6.36. The molecular formula is C18H16Cl2N2O4S. The normalized spacial score (nSPS) is 10.7. The molecule has 3 aromatic rings. The number of ether oxygens (including phenoxy) is 3. The van der Waals surface area contributed by atoms with Gasteiger partial charge in [-0.25, -0.2) is 0 Å². The van der Waals surface area contributed by atoms with Gasteiger partial charge in [0.15, 0.2) is 11.5 Å². The Morgan fingerprint density at radius 1 is 0.963 bits per heavy atom. The summed E-state index contributed by atoms with van der Waals surface area (Å²) in [5, 5.41) is 9.78. The first kappa shape index (κ1) is 19.7. The summed E-state index contributed by atoms with van der Waals surface area (Å²) >= 11 is 13.5. The van der Waals surface area contributed by atoms with Crippen LogP contribution in [0, 0.1) is 0 Å². The number of benzene rings is 2. The van der Waals surface area contributed by atoms with Crippen LogP contribution in [0.5, 0.6) is 17.2 Å². The van der Waals surface area contributed by atoms with Gasteiger partial charge in [-0.3, -0.25) is 0 Å². The highest BCUT2D eigenvalue weighted by molar-refractivity contribution is 7.98. The van der Waals surface area contributed by atoms with Crippen LogP contribution in [0.4, 0.5) is 0 Å². The van der Waals surface area contributed by atoms with Crippen molar-refractivity contribution in [2.75, 3.05) is 21.3 Å². The second-order valence-corrected chi connectivity index (χ2v) is 7.08. The van der Waals surface area contributed by atoms with Gasteiger partial charge in [0, 0.05) is 21.4 Å². The number of aromatic nitrogens is 2. The first-order valence-electron chi connectivity index (χ1n) is 7.76. The number of rotatable bonds is 7. The van der Waals surface area contributed by atoms with E-state index in [-0.39, 0.29) is 0 Å². The molecule has 0 amide bonds. The van der Waals surface area contributed by atoms with Crippen molar-refractivity contribution in [3.63, 3.8) is 0 Å². The molecule has 142 valence electrons. The molecule has 0 radical (unpaired) electrons. The number of halogens is 2. The third-order valence-corrected chi connectivity index (χ3v) is 5.14. The maximum Gasteiger partial charge on any atom is 0.277 e. The van der Waals surface area contributed by atoms with E-state index in [2.05, 4.69) is 10.2 Å². The molecule has 27 heavy (non-hydrogen) atoms. The monoisotopic (exact) mass is 426 g/mol. The molecule has 6 nitrogen and oxygen atoms in total. The van der Waals surface area contributed by atoms with Crippen LogP contribution >= 0.6 is 35.0 Å². The SMILES string of the molecule is COc1cc(-c2nnc(SCc3ccc(Cl)cc3Cl)o2)cc(OC)c1OC. The van der Waals surface area contributed by atoms with Gasteiger partial charge in [0.1, 0.15) is 0 Å². The van der Waals surface area contributed by atoms with Crippen molar-refractivity contribution in [2.24, 2.45) is 0 Å². The molecule has 0 unspecified atom stereocenters. The third kappa shape index (κ3) is 4.43. The maximum absolute atomic E-state index is 6.19. The van der Waals surface area contributed by atoms with E-state index in [4.69, 9.17) is 41.8 Å². The van der Waals surface area contributed by atoms with E-state index in [0.29, 0.717) is 49.7 Å². The lowest BCUT2D eigenvalue weighted by atomic mass is 10.2. The Morgan fingerprint density at radius 2 is 1.67 bits per heavy atom. The predicted molar refractivity (Wildman–Crippen MR) is 105 cm³/mol. The Morgan fingerprint density at radius 3 is 2.26 bits per heavy atom. The summed E-state index contributed by atoms with van der Waals surface area (Å²) < 4.78 is 21.8. The van der Waals surface area contributed by atoms with Gasteiger partial charge in [0.05, 0.1) is 21.3 Å². The number of hydrogen-bond acceptors (Lipinski definition) is 7. The molecule has 0 spiro atoms. The third-order valence-electron chi connectivity index (χ3n) is 3.68. The van der Waals surface area contributed by atoms with E-state index in [9.17, 15) is 0 Å². The molecule has 0 fully saturated rings. The van der Waals surface area contributed by atoms with Crippen molar-refractivity contribution in [1.29, 1.82) is 0 Å². The average Bonchev–Trinajstić information content (AvgIpc) is 3.15. The number of thioether (sulfide) groups is 1. The Balaban J connectivity index is 1.81. The van der Waals surface area contributed by atoms with Crippen molar-refractivity contribution < 1.29 is 18.6 Å². The smallest absolute Gasteiger partial charge is 0.277 e. The molecule has 0 aliphatic rings. The van der Waals surface area contributed by atoms with E-state index >= 15 is 0 Å². The molecule has 0 saturated heterocycles. The molecule has 3 rings (SSSR count). The van der Waals surface area contributed by atoms with Crippen molar-refractivity contribution in [2.45, 2.75) is 11.0 Å². The summed E-state index contributed by atoms with van der Waals surface area (Å²) in [5.41, 5.74) is 1.59. The van der Waals surface area contributed by atoms with E-state index in [1.807, 2.05) is 6.07 Å².